The van der Waals surface area contributed by atoms with Gasteiger partial charge in [0.15, 0.2) is 0 Å². The van der Waals surface area contributed by atoms with Crippen LogP contribution < -0.4 is 10.1 Å². The molecule has 96 valence electrons. The molecule has 0 saturated carbocycles. The summed E-state index contributed by atoms with van der Waals surface area (Å²) in [5.74, 6) is 2.20. The summed E-state index contributed by atoms with van der Waals surface area (Å²) in [6.07, 6.45) is 4.40. The van der Waals surface area contributed by atoms with Crippen molar-refractivity contribution in [3.8, 4) is 5.75 Å². The van der Waals surface area contributed by atoms with Crippen molar-refractivity contribution < 1.29 is 4.74 Å². The van der Waals surface area contributed by atoms with Crippen molar-refractivity contribution in [2.24, 2.45) is 0 Å². The predicted octanol–water partition coefficient (Wildman–Crippen LogP) is 2.97. The number of hydrogen-bond donors (Lipinski definition) is 1. The fourth-order valence-electron chi connectivity index (χ4n) is 1.96. The van der Waals surface area contributed by atoms with Crippen LogP contribution in [0.15, 0.2) is 24.3 Å². The highest BCUT2D eigenvalue weighted by Gasteiger charge is 2.10. The molecule has 0 aromatic heterocycles. The van der Waals surface area contributed by atoms with Crippen LogP contribution in [-0.4, -0.2) is 31.7 Å². The average molecular weight is 253 g/mol. The van der Waals surface area contributed by atoms with Crippen LogP contribution in [0.5, 0.6) is 5.75 Å². The van der Waals surface area contributed by atoms with Crippen LogP contribution in [0.1, 0.15) is 18.9 Å². The Kier molecular flexibility index (Phi) is 7.13. The number of thioether (sulfide) groups is 1. The van der Waals surface area contributed by atoms with E-state index in [-0.39, 0.29) is 0 Å². The molecule has 0 aliphatic carbocycles. The summed E-state index contributed by atoms with van der Waals surface area (Å²) >= 11 is 1.91. The van der Waals surface area contributed by atoms with Crippen molar-refractivity contribution >= 4 is 11.8 Å². The molecule has 1 atom stereocenters. The molecular weight excluding hydrogens is 230 g/mol. The number of rotatable bonds is 8. The number of hydrogen-bond acceptors (Lipinski definition) is 3. The van der Waals surface area contributed by atoms with E-state index < -0.39 is 0 Å². The van der Waals surface area contributed by atoms with E-state index in [1.54, 1.807) is 7.11 Å². The molecule has 1 N–H and O–H groups in total. The Morgan fingerprint density at radius 1 is 1.35 bits per heavy atom. The Bertz CT molecular complexity index is 317. The van der Waals surface area contributed by atoms with Crippen LogP contribution in [0.3, 0.4) is 0 Å². The minimum atomic E-state index is 0.545. The van der Waals surface area contributed by atoms with Gasteiger partial charge >= 0.3 is 0 Å². The van der Waals surface area contributed by atoms with Crippen LogP contribution in [0.4, 0.5) is 0 Å². The average Bonchev–Trinajstić information content (AvgIpc) is 2.37. The van der Waals surface area contributed by atoms with Crippen molar-refractivity contribution in [1.29, 1.82) is 0 Å². The van der Waals surface area contributed by atoms with Gasteiger partial charge in [-0.2, -0.15) is 11.8 Å². The van der Waals surface area contributed by atoms with E-state index >= 15 is 0 Å². The van der Waals surface area contributed by atoms with Crippen molar-refractivity contribution in [3.05, 3.63) is 29.8 Å². The Labute approximate surface area is 109 Å². The first-order valence-corrected chi connectivity index (χ1v) is 7.55. The van der Waals surface area contributed by atoms with Crippen LogP contribution in [0.2, 0.25) is 0 Å². The normalized spacial score (nSPS) is 12.4. The molecule has 0 radical (unpaired) electrons. The molecule has 2 nitrogen and oxygen atoms in total. The minimum Gasteiger partial charge on any atom is -0.496 e. The van der Waals surface area contributed by atoms with E-state index in [1.807, 2.05) is 23.9 Å². The zero-order valence-corrected chi connectivity index (χ0v) is 11.8. The largest absolute Gasteiger partial charge is 0.496 e. The zero-order valence-electron chi connectivity index (χ0n) is 11.0. The third-order valence-electron chi connectivity index (χ3n) is 2.82. The van der Waals surface area contributed by atoms with Gasteiger partial charge in [-0.15, -0.1) is 0 Å². The molecule has 0 bridgehead atoms. The van der Waals surface area contributed by atoms with Gasteiger partial charge in [0, 0.05) is 6.04 Å². The van der Waals surface area contributed by atoms with Crippen LogP contribution in [-0.2, 0) is 6.42 Å². The Hall–Kier alpha value is -0.670. The molecule has 0 amide bonds. The van der Waals surface area contributed by atoms with Crippen molar-refractivity contribution in [3.63, 3.8) is 0 Å². The molecule has 17 heavy (non-hydrogen) atoms. The van der Waals surface area contributed by atoms with Gasteiger partial charge in [0.25, 0.3) is 0 Å². The van der Waals surface area contributed by atoms with Crippen LogP contribution in [0, 0.1) is 0 Å². The second-order valence-electron chi connectivity index (χ2n) is 4.05. The number of nitrogens with one attached hydrogen (secondary N) is 1. The van der Waals surface area contributed by atoms with E-state index in [0.29, 0.717) is 6.04 Å². The highest BCUT2D eigenvalue weighted by Crippen LogP contribution is 2.20. The summed E-state index contributed by atoms with van der Waals surface area (Å²) in [5, 5.41) is 3.55. The maximum absolute atomic E-state index is 5.40. The Morgan fingerprint density at radius 2 is 2.12 bits per heavy atom. The molecule has 1 aromatic rings. The standard InChI is InChI=1S/C14H23NOS/c1-4-15-13(9-10-17-3)11-12-7-5-6-8-14(12)16-2/h5-8,13,15H,4,9-11H2,1-3H3. The Balaban J connectivity index is 2.63. The molecule has 3 heteroatoms. The van der Waals surface area contributed by atoms with Gasteiger partial charge in [-0.25, -0.2) is 0 Å². The molecule has 1 aromatic carbocycles. The van der Waals surface area contributed by atoms with E-state index in [1.165, 1.54) is 17.7 Å². The molecule has 0 aliphatic heterocycles. The fourth-order valence-corrected chi connectivity index (χ4v) is 2.48. The number of likely N-dealkylation sites (N-methyl/N-ethyl adjacent to an activating group) is 1. The lowest BCUT2D eigenvalue weighted by Crippen LogP contribution is -2.31. The van der Waals surface area contributed by atoms with Crippen LogP contribution in [0.25, 0.3) is 0 Å². The summed E-state index contributed by atoms with van der Waals surface area (Å²) in [6.45, 7) is 3.18. The lowest BCUT2D eigenvalue weighted by molar-refractivity contribution is 0.404. The third kappa shape index (κ3) is 5.00. The molecule has 0 spiro atoms. The second kappa shape index (κ2) is 8.43. The first-order chi connectivity index (χ1) is 8.31. The number of para-hydroxylation sites is 1. The van der Waals surface area contributed by atoms with Gasteiger partial charge in [0.05, 0.1) is 7.11 Å². The Morgan fingerprint density at radius 3 is 2.76 bits per heavy atom. The lowest BCUT2D eigenvalue weighted by Gasteiger charge is -2.18. The summed E-state index contributed by atoms with van der Waals surface area (Å²) < 4.78 is 5.40. The predicted molar refractivity (Wildman–Crippen MR) is 77.2 cm³/mol. The second-order valence-corrected chi connectivity index (χ2v) is 5.04. The van der Waals surface area contributed by atoms with Crippen molar-refractivity contribution in [1.82, 2.24) is 5.32 Å². The third-order valence-corrected chi connectivity index (χ3v) is 3.47. The molecule has 0 saturated heterocycles. The minimum absolute atomic E-state index is 0.545. The zero-order chi connectivity index (χ0) is 12.5. The van der Waals surface area contributed by atoms with E-state index in [4.69, 9.17) is 4.74 Å². The summed E-state index contributed by atoms with van der Waals surface area (Å²) in [7, 11) is 1.74. The molecule has 1 unspecified atom stereocenters. The number of methoxy groups -OCH3 is 1. The van der Waals surface area contributed by atoms with Crippen LogP contribution >= 0.6 is 11.8 Å². The number of ether oxygens (including phenoxy) is 1. The van der Waals surface area contributed by atoms with Gasteiger partial charge in [-0.05, 0) is 43.0 Å². The topological polar surface area (TPSA) is 21.3 Å². The van der Waals surface area contributed by atoms with Gasteiger partial charge in [0.1, 0.15) is 5.75 Å². The molecule has 0 aliphatic rings. The van der Waals surface area contributed by atoms with E-state index in [2.05, 4.69) is 30.6 Å². The maximum atomic E-state index is 5.40. The molecule has 0 heterocycles. The van der Waals surface area contributed by atoms with Gasteiger partial charge in [0.2, 0.25) is 0 Å². The van der Waals surface area contributed by atoms with Crippen molar-refractivity contribution in [2.45, 2.75) is 25.8 Å². The van der Waals surface area contributed by atoms with E-state index in [9.17, 15) is 0 Å². The molecule has 0 fully saturated rings. The van der Waals surface area contributed by atoms with Gasteiger partial charge < -0.3 is 10.1 Å². The SMILES string of the molecule is CCNC(CCSC)Cc1ccccc1OC. The number of benzene rings is 1. The first kappa shape index (κ1) is 14.4. The van der Waals surface area contributed by atoms with Gasteiger partial charge in [-0.1, -0.05) is 25.1 Å². The maximum Gasteiger partial charge on any atom is 0.122 e. The summed E-state index contributed by atoms with van der Waals surface area (Å²) in [4.78, 5) is 0. The highest BCUT2D eigenvalue weighted by molar-refractivity contribution is 7.98. The monoisotopic (exact) mass is 253 g/mol. The molecular formula is C14H23NOS. The molecule has 1 rings (SSSR count). The quantitative estimate of drug-likeness (QED) is 0.769. The van der Waals surface area contributed by atoms with Gasteiger partial charge in [-0.3, -0.25) is 0 Å². The van der Waals surface area contributed by atoms with Crippen molar-refractivity contribution in [2.75, 3.05) is 25.7 Å². The fraction of sp³-hybridized carbons (Fsp3) is 0.571. The van der Waals surface area contributed by atoms with E-state index in [0.717, 1.165) is 18.7 Å². The lowest BCUT2D eigenvalue weighted by atomic mass is 10.0. The summed E-state index contributed by atoms with van der Waals surface area (Å²) in [5.41, 5.74) is 1.29. The first-order valence-electron chi connectivity index (χ1n) is 6.16. The summed E-state index contributed by atoms with van der Waals surface area (Å²) in [6, 6.07) is 8.83. The highest BCUT2D eigenvalue weighted by atomic mass is 32.2. The smallest absolute Gasteiger partial charge is 0.122 e.